The Bertz CT molecular complexity index is 1580. The van der Waals surface area contributed by atoms with Crippen LogP contribution in [0.4, 0.5) is 14.5 Å². The van der Waals surface area contributed by atoms with Crippen LogP contribution in [0.2, 0.25) is 5.04 Å². The summed E-state index contributed by atoms with van der Waals surface area (Å²) in [5.41, 5.74) is 0.717. The van der Waals surface area contributed by atoms with E-state index in [2.05, 4.69) is 59.8 Å². The van der Waals surface area contributed by atoms with Gasteiger partial charge in [-0.05, 0) is 53.8 Å². The van der Waals surface area contributed by atoms with Gasteiger partial charge in [0.15, 0.2) is 11.6 Å². The highest BCUT2D eigenvalue weighted by molar-refractivity contribution is 7.08. The van der Waals surface area contributed by atoms with Gasteiger partial charge in [0.2, 0.25) is 0 Å². The number of hydrogen-bond acceptors (Lipinski definition) is 8. The highest BCUT2D eigenvalue weighted by Gasteiger charge is 2.50. The minimum absolute atomic E-state index is 0.00837. The van der Waals surface area contributed by atoms with Crippen LogP contribution in [-0.4, -0.2) is 54.1 Å². The number of anilines is 1. The average molecular weight is 637 g/mol. The standard InChI is InChI=1S/C33H38F2N4O3SSi/c1-21-18-39(19-22(2)42-21)31-24(17-27(28(34)29(31)35)30(37-40)32-23(3)36-38-43-32)20-41-44(33(4,5)6,25-13-9-7-10-14-25)26-15-11-8-12-16-26/h7-17,21-22,40H,18-20H2,1-6H3/t21-,22+. The molecule has 11 heteroatoms. The summed E-state index contributed by atoms with van der Waals surface area (Å²) in [6.07, 6.45) is -0.376. The number of oxime groups is 1. The highest BCUT2D eigenvalue weighted by atomic mass is 32.1. The topological polar surface area (TPSA) is 80.1 Å². The maximum Gasteiger partial charge on any atom is 0.261 e. The number of rotatable bonds is 8. The molecular weight excluding hydrogens is 599 g/mol. The number of nitrogens with zero attached hydrogens (tertiary/aromatic N) is 4. The highest BCUT2D eigenvalue weighted by Crippen LogP contribution is 2.39. The SMILES string of the molecule is Cc1nnsc1C(=NO)c1cc(CO[Si](c2ccccc2)(c2ccccc2)C(C)(C)C)c(N2C[C@@H](C)O[C@@H](C)C2)c(F)c1F. The minimum Gasteiger partial charge on any atom is -0.410 e. The molecule has 5 rings (SSSR count). The Balaban J connectivity index is 1.71. The molecular formula is C33H38F2N4O3SSi. The monoisotopic (exact) mass is 636 g/mol. The molecule has 0 amide bonds. The predicted molar refractivity (Wildman–Crippen MR) is 173 cm³/mol. The second kappa shape index (κ2) is 12.8. The molecule has 44 heavy (non-hydrogen) atoms. The minimum atomic E-state index is -3.03. The molecule has 0 radical (unpaired) electrons. The van der Waals surface area contributed by atoms with E-state index in [0.29, 0.717) is 29.2 Å². The van der Waals surface area contributed by atoms with E-state index in [0.717, 1.165) is 21.9 Å². The summed E-state index contributed by atoms with van der Waals surface area (Å²) in [5, 5.41) is 19.2. The van der Waals surface area contributed by atoms with E-state index in [9.17, 15) is 5.21 Å². The fourth-order valence-electron chi connectivity index (χ4n) is 6.27. The van der Waals surface area contributed by atoms with E-state index in [1.807, 2.05) is 55.1 Å². The third-order valence-electron chi connectivity index (χ3n) is 8.08. The molecule has 0 bridgehead atoms. The van der Waals surface area contributed by atoms with E-state index in [4.69, 9.17) is 9.16 Å². The van der Waals surface area contributed by atoms with Crippen LogP contribution in [0.5, 0.6) is 0 Å². The lowest BCUT2D eigenvalue weighted by Crippen LogP contribution is -2.66. The summed E-state index contributed by atoms with van der Waals surface area (Å²) >= 11 is 0.954. The first-order valence-corrected chi connectivity index (χ1v) is 17.3. The molecule has 3 aromatic carbocycles. The molecule has 232 valence electrons. The lowest BCUT2D eigenvalue weighted by Gasteiger charge is -2.43. The van der Waals surface area contributed by atoms with Gasteiger partial charge in [0.05, 0.1) is 30.2 Å². The Morgan fingerprint density at radius 2 is 1.59 bits per heavy atom. The van der Waals surface area contributed by atoms with Crippen LogP contribution in [0.15, 0.2) is 71.9 Å². The Kier molecular flexibility index (Phi) is 9.31. The molecule has 1 saturated heterocycles. The summed E-state index contributed by atoms with van der Waals surface area (Å²) < 4.78 is 49.5. The quantitative estimate of drug-likeness (QED) is 0.110. The van der Waals surface area contributed by atoms with Crippen molar-refractivity contribution in [1.29, 1.82) is 0 Å². The van der Waals surface area contributed by atoms with Crippen LogP contribution in [0, 0.1) is 18.6 Å². The third kappa shape index (κ3) is 5.93. The van der Waals surface area contributed by atoms with Crippen LogP contribution in [0.25, 0.3) is 0 Å². The molecule has 7 nitrogen and oxygen atoms in total. The van der Waals surface area contributed by atoms with E-state index in [-0.39, 0.29) is 40.8 Å². The van der Waals surface area contributed by atoms with Crippen LogP contribution in [0.3, 0.4) is 0 Å². The van der Waals surface area contributed by atoms with Crippen molar-refractivity contribution in [3.05, 3.63) is 100 Å². The summed E-state index contributed by atoms with van der Waals surface area (Å²) in [4.78, 5) is 2.19. The van der Waals surface area contributed by atoms with Crippen molar-refractivity contribution in [2.24, 2.45) is 5.16 Å². The molecule has 0 aliphatic carbocycles. The largest absolute Gasteiger partial charge is 0.410 e. The summed E-state index contributed by atoms with van der Waals surface area (Å²) in [6, 6.07) is 21.9. The second-order valence-electron chi connectivity index (χ2n) is 12.3. The Labute approximate surface area is 262 Å². The van der Waals surface area contributed by atoms with Crippen LogP contribution >= 0.6 is 11.5 Å². The van der Waals surface area contributed by atoms with Gasteiger partial charge in [-0.1, -0.05) is 91.1 Å². The number of halogens is 2. The summed E-state index contributed by atoms with van der Waals surface area (Å²) in [7, 11) is -3.03. The second-order valence-corrected chi connectivity index (χ2v) is 17.4. The van der Waals surface area contributed by atoms with Gasteiger partial charge >= 0.3 is 0 Å². The van der Waals surface area contributed by atoms with Gasteiger partial charge in [-0.2, -0.15) is 0 Å². The van der Waals surface area contributed by atoms with E-state index >= 15 is 8.78 Å². The molecule has 1 aromatic heterocycles. The van der Waals surface area contributed by atoms with Crippen molar-refractivity contribution >= 4 is 41.6 Å². The first kappa shape index (κ1) is 31.9. The molecule has 0 spiro atoms. The van der Waals surface area contributed by atoms with Crippen molar-refractivity contribution in [2.45, 2.75) is 65.4 Å². The molecule has 0 unspecified atom stereocenters. The van der Waals surface area contributed by atoms with Crippen molar-refractivity contribution < 1.29 is 23.2 Å². The van der Waals surface area contributed by atoms with Crippen molar-refractivity contribution in [3.63, 3.8) is 0 Å². The number of morpholine rings is 1. The summed E-state index contributed by atoms with van der Waals surface area (Å²) in [5.74, 6) is -2.14. The number of ether oxygens (including phenoxy) is 1. The lowest BCUT2D eigenvalue weighted by atomic mass is 10.0. The first-order chi connectivity index (χ1) is 21.0. The van der Waals surface area contributed by atoms with Gasteiger partial charge in [0.25, 0.3) is 8.32 Å². The number of aryl methyl sites for hydroxylation is 1. The average Bonchev–Trinajstić information content (AvgIpc) is 3.41. The molecule has 4 aromatic rings. The first-order valence-electron chi connectivity index (χ1n) is 14.7. The van der Waals surface area contributed by atoms with Gasteiger partial charge in [0.1, 0.15) is 10.6 Å². The van der Waals surface area contributed by atoms with Crippen LogP contribution < -0.4 is 15.3 Å². The maximum absolute atomic E-state index is 16.4. The third-order valence-corrected chi connectivity index (χ3v) is 13.9. The fourth-order valence-corrected chi connectivity index (χ4v) is 11.5. The molecule has 1 fully saturated rings. The molecule has 1 aliphatic rings. The van der Waals surface area contributed by atoms with Gasteiger partial charge in [-0.25, -0.2) is 8.78 Å². The molecule has 1 N–H and O–H groups in total. The number of aromatic nitrogens is 2. The molecule has 0 saturated carbocycles. The zero-order chi connectivity index (χ0) is 31.6. The number of benzene rings is 3. The van der Waals surface area contributed by atoms with E-state index in [1.54, 1.807) is 13.0 Å². The normalized spacial score (nSPS) is 18.1. The van der Waals surface area contributed by atoms with Crippen LogP contribution in [-0.2, 0) is 15.8 Å². The number of hydrogen-bond donors (Lipinski definition) is 1. The molecule has 1 aliphatic heterocycles. The van der Waals surface area contributed by atoms with Crippen molar-refractivity contribution in [1.82, 2.24) is 9.59 Å². The van der Waals surface area contributed by atoms with Gasteiger partial charge < -0.3 is 19.3 Å². The van der Waals surface area contributed by atoms with Gasteiger partial charge in [-0.3, -0.25) is 0 Å². The van der Waals surface area contributed by atoms with E-state index < -0.39 is 20.0 Å². The Morgan fingerprint density at radius 1 is 1.02 bits per heavy atom. The maximum atomic E-state index is 16.4. The van der Waals surface area contributed by atoms with Crippen molar-refractivity contribution in [2.75, 3.05) is 18.0 Å². The Morgan fingerprint density at radius 3 is 2.07 bits per heavy atom. The zero-order valence-corrected chi connectivity index (χ0v) is 27.7. The fraction of sp³-hybridized carbons (Fsp3) is 0.364. The van der Waals surface area contributed by atoms with E-state index in [1.165, 1.54) is 0 Å². The lowest BCUT2D eigenvalue weighted by molar-refractivity contribution is -0.00553. The van der Waals surface area contributed by atoms with Gasteiger partial charge in [0, 0.05) is 24.2 Å². The smallest absolute Gasteiger partial charge is 0.261 e. The van der Waals surface area contributed by atoms with Crippen molar-refractivity contribution in [3.8, 4) is 0 Å². The summed E-state index contributed by atoms with van der Waals surface area (Å²) in [6.45, 7) is 12.8. The Hall–Kier alpha value is -3.51. The van der Waals surface area contributed by atoms with Gasteiger partial charge in [-0.15, -0.1) is 5.10 Å². The molecule has 2 heterocycles. The zero-order valence-electron chi connectivity index (χ0n) is 25.8. The van der Waals surface area contributed by atoms with Crippen LogP contribution in [0.1, 0.15) is 56.3 Å². The predicted octanol–water partition coefficient (Wildman–Crippen LogP) is 6.04. The molecule has 2 atom stereocenters.